The fourth-order valence-corrected chi connectivity index (χ4v) is 5.48. The first-order valence-corrected chi connectivity index (χ1v) is 13.3. The van der Waals surface area contributed by atoms with Crippen molar-refractivity contribution < 1.29 is 14.3 Å². The van der Waals surface area contributed by atoms with Gasteiger partial charge in [0.05, 0.1) is 24.6 Å². The summed E-state index contributed by atoms with van der Waals surface area (Å²) in [6.45, 7) is 6.38. The second kappa shape index (κ2) is 12.4. The van der Waals surface area contributed by atoms with Crippen molar-refractivity contribution >= 4 is 23.2 Å². The summed E-state index contributed by atoms with van der Waals surface area (Å²) < 4.78 is 5.71. The standard InChI is InChI=1S/C29H40N4O3/c1-20-18-36-19-21(2)33(20)27-12-11-25(29(35)31-17-24-9-5-8-23(14-24)16-30)15-26(27)32-28(34)13-10-22-6-3-4-7-22/h5,8-9,11-12,14-15,20-22H,3-4,6-7,10,13,16-19,30H2,1-2H3,(H,31,35)(H,32,34). The van der Waals surface area contributed by atoms with Crippen molar-refractivity contribution in [2.45, 2.75) is 77.5 Å². The van der Waals surface area contributed by atoms with Crippen LogP contribution in [0.5, 0.6) is 0 Å². The van der Waals surface area contributed by atoms with Crippen molar-refractivity contribution in [3.63, 3.8) is 0 Å². The Morgan fingerprint density at radius 1 is 1.03 bits per heavy atom. The Bertz CT molecular complexity index is 1040. The topological polar surface area (TPSA) is 96.7 Å². The molecule has 7 nitrogen and oxygen atoms in total. The number of nitrogens with zero attached hydrogens (tertiary/aromatic N) is 1. The van der Waals surface area contributed by atoms with E-state index in [1.54, 1.807) is 0 Å². The van der Waals surface area contributed by atoms with Crippen LogP contribution in [-0.4, -0.2) is 37.1 Å². The van der Waals surface area contributed by atoms with Crippen LogP contribution >= 0.6 is 0 Å². The van der Waals surface area contributed by atoms with Crippen molar-refractivity contribution in [2.75, 3.05) is 23.4 Å². The van der Waals surface area contributed by atoms with Crippen LogP contribution in [0.2, 0.25) is 0 Å². The summed E-state index contributed by atoms with van der Waals surface area (Å²) in [6, 6.07) is 13.8. The normalized spacial score (nSPS) is 20.4. The van der Waals surface area contributed by atoms with E-state index in [4.69, 9.17) is 10.5 Å². The fourth-order valence-electron chi connectivity index (χ4n) is 5.48. The van der Waals surface area contributed by atoms with Crippen LogP contribution in [-0.2, 0) is 22.6 Å². The molecule has 7 heteroatoms. The van der Waals surface area contributed by atoms with E-state index in [1.807, 2.05) is 42.5 Å². The molecule has 1 aliphatic heterocycles. The Labute approximate surface area is 214 Å². The second-order valence-electron chi connectivity index (χ2n) is 10.3. The number of hydrogen-bond donors (Lipinski definition) is 3. The van der Waals surface area contributed by atoms with E-state index in [0.717, 1.165) is 23.2 Å². The maximum absolute atomic E-state index is 13.0. The molecule has 0 spiro atoms. The Hall–Kier alpha value is -2.90. The third-order valence-corrected chi connectivity index (χ3v) is 7.41. The van der Waals surface area contributed by atoms with Crippen LogP contribution in [0.1, 0.15) is 73.9 Å². The number of nitrogens with one attached hydrogen (secondary N) is 2. The highest BCUT2D eigenvalue weighted by atomic mass is 16.5. The van der Waals surface area contributed by atoms with E-state index < -0.39 is 0 Å². The third-order valence-electron chi connectivity index (χ3n) is 7.41. The Morgan fingerprint density at radius 2 is 1.75 bits per heavy atom. The van der Waals surface area contributed by atoms with Crippen LogP contribution in [0.25, 0.3) is 0 Å². The lowest BCUT2D eigenvalue weighted by Crippen LogP contribution is -2.50. The van der Waals surface area contributed by atoms with Gasteiger partial charge >= 0.3 is 0 Å². The highest BCUT2D eigenvalue weighted by Gasteiger charge is 2.28. The van der Waals surface area contributed by atoms with E-state index in [2.05, 4.69) is 29.4 Å². The summed E-state index contributed by atoms with van der Waals surface area (Å²) in [4.78, 5) is 28.3. The molecule has 1 heterocycles. The van der Waals surface area contributed by atoms with Crippen LogP contribution in [0.3, 0.4) is 0 Å². The van der Waals surface area contributed by atoms with Crippen LogP contribution < -0.4 is 21.3 Å². The molecular weight excluding hydrogens is 452 g/mol. The molecule has 2 fully saturated rings. The first kappa shape index (κ1) is 26.2. The number of amides is 2. The molecule has 0 radical (unpaired) electrons. The van der Waals surface area contributed by atoms with Gasteiger partial charge in [0.25, 0.3) is 5.91 Å². The van der Waals surface area contributed by atoms with Gasteiger partial charge in [-0.25, -0.2) is 0 Å². The molecule has 1 saturated heterocycles. The van der Waals surface area contributed by atoms with Gasteiger partial charge in [-0.15, -0.1) is 0 Å². The maximum atomic E-state index is 13.0. The second-order valence-corrected chi connectivity index (χ2v) is 10.3. The highest BCUT2D eigenvalue weighted by Crippen LogP contribution is 2.33. The lowest BCUT2D eigenvalue weighted by Gasteiger charge is -2.41. The number of hydrogen-bond acceptors (Lipinski definition) is 5. The van der Waals surface area contributed by atoms with Gasteiger partial charge < -0.3 is 26.0 Å². The lowest BCUT2D eigenvalue weighted by atomic mass is 10.0. The number of anilines is 2. The number of nitrogens with two attached hydrogens (primary N) is 1. The molecule has 1 aliphatic carbocycles. The van der Waals surface area contributed by atoms with Gasteiger partial charge in [0, 0.05) is 37.2 Å². The number of carbonyl (C=O) groups is 2. The molecule has 2 aromatic rings. The molecule has 2 aromatic carbocycles. The van der Waals surface area contributed by atoms with Crippen LogP contribution in [0.4, 0.5) is 11.4 Å². The predicted molar refractivity (Wildman–Crippen MR) is 144 cm³/mol. The highest BCUT2D eigenvalue weighted by molar-refractivity contribution is 6.00. The molecule has 0 bridgehead atoms. The van der Waals surface area contributed by atoms with Gasteiger partial charge in [-0.3, -0.25) is 9.59 Å². The number of rotatable bonds is 9. The zero-order valence-electron chi connectivity index (χ0n) is 21.6. The van der Waals surface area contributed by atoms with E-state index in [1.165, 1.54) is 25.7 Å². The molecule has 1 saturated carbocycles. The molecule has 0 aromatic heterocycles. The van der Waals surface area contributed by atoms with Gasteiger partial charge in [0.15, 0.2) is 0 Å². The first-order valence-electron chi connectivity index (χ1n) is 13.3. The van der Waals surface area contributed by atoms with Crippen molar-refractivity contribution in [1.82, 2.24) is 5.32 Å². The third kappa shape index (κ3) is 6.65. The number of carbonyl (C=O) groups excluding carboxylic acids is 2. The van der Waals surface area contributed by atoms with Crippen molar-refractivity contribution in [3.8, 4) is 0 Å². The van der Waals surface area contributed by atoms with Gasteiger partial charge in [-0.2, -0.15) is 0 Å². The number of ether oxygens (including phenoxy) is 1. The van der Waals surface area contributed by atoms with Gasteiger partial charge in [-0.1, -0.05) is 49.9 Å². The number of benzene rings is 2. The summed E-state index contributed by atoms with van der Waals surface area (Å²) in [5, 5.41) is 6.14. The summed E-state index contributed by atoms with van der Waals surface area (Å²) in [6.07, 6.45) is 6.43. The number of morpholine rings is 1. The monoisotopic (exact) mass is 492 g/mol. The molecular formula is C29H40N4O3. The predicted octanol–water partition coefficient (Wildman–Crippen LogP) is 4.60. The largest absolute Gasteiger partial charge is 0.377 e. The van der Waals surface area contributed by atoms with Crippen LogP contribution in [0, 0.1) is 5.92 Å². The molecule has 2 unspecified atom stereocenters. The first-order chi connectivity index (χ1) is 17.4. The maximum Gasteiger partial charge on any atom is 0.251 e. The Morgan fingerprint density at radius 3 is 2.47 bits per heavy atom. The van der Waals surface area contributed by atoms with Crippen molar-refractivity contribution in [1.29, 1.82) is 0 Å². The van der Waals surface area contributed by atoms with E-state index in [-0.39, 0.29) is 23.9 Å². The zero-order valence-corrected chi connectivity index (χ0v) is 21.6. The lowest BCUT2D eigenvalue weighted by molar-refractivity contribution is -0.116. The Kier molecular flexibility index (Phi) is 8.99. The molecule has 4 rings (SSSR count). The molecule has 4 N–H and O–H groups in total. The van der Waals surface area contributed by atoms with Crippen molar-refractivity contribution in [3.05, 3.63) is 59.2 Å². The molecule has 2 atom stereocenters. The quantitative estimate of drug-likeness (QED) is 0.475. The zero-order chi connectivity index (χ0) is 25.5. The minimum absolute atomic E-state index is 0.00729. The van der Waals surface area contributed by atoms with Crippen molar-refractivity contribution in [2.24, 2.45) is 11.7 Å². The summed E-state index contributed by atoms with van der Waals surface area (Å²) in [5.41, 5.74) is 9.91. The van der Waals surface area contributed by atoms with Crippen LogP contribution in [0.15, 0.2) is 42.5 Å². The average molecular weight is 493 g/mol. The SMILES string of the molecule is CC1COCC(C)N1c1ccc(C(=O)NCc2cccc(CN)c2)cc1NC(=O)CCC1CCCC1. The average Bonchev–Trinajstić information content (AvgIpc) is 3.40. The fraction of sp³-hybridized carbons (Fsp3) is 0.517. The summed E-state index contributed by atoms with van der Waals surface area (Å²) in [7, 11) is 0. The minimum atomic E-state index is -0.177. The van der Waals surface area contributed by atoms with E-state index in [9.17, 15) is 9.59 Å². The molecule has 36 heavy (non-hydrogen) atoms. The Balaban J connectivity index is 1.51. The molecule has 2 aliphatic rings. The van der Waals surface area contributed by atoms with Gasteiger partial charge in [0.1, 0.15) is 0 Å². The smallest absolute Gasteiger partial charge is 0.251 e. The molecule has 2 amide bonds. The van der Waals surface area contributed by atoms with Gasteiger partial charge in [-0.05, 0) is 55.5 Å². The summed E-state index contributed by atoms with van der Waals surface area (Å²) in [5.74, 6) is 0.487. The summed E-state index contributed by atoms with van der Waals surface area (Å²) >= 11 is 0. The van der Waals surface area contributed by atoms with Gasteiger partial charge in [0.2, 0.25) is 5.91 Å². The minimum Gasteiger partial charge on any atom is -0.377 e. The van der Waals surface area contributed by atoms with E-state index >= 15 is 0 Å². The van der Waals surface area contributed by atoms with E-state index in [0.29, 0.717) is 49.9 Å². The molecule has 194 valence electrons.